The van der Waals surface area contributed by atoms with Crippen LogP contribution >= 0.6 is 11.6 Å². The molecule has 1 aromatic heterocycles. The number of methoxy groups -OCH3 is 1. The molecule has 114 valence electrons. The van der Waals surface area contributed by atoms with Crippen molar-refractivity contribution in [2.75, 3.05) is 7.11 Å². The van der Waals surface area contributed by atoms with Crippen LogP contribution in [-0.2, 0) is 23.2 Å². The van der Waals surface area contributed by atoms with Crippen LogP contribution in [0.2, 0.25) is 5.02 Å². The number of nitrogens with one attached hydrogen (secondary N) is 1. The van der Waals surface area contributed by atoms with Crippen LogP contribution in [0.4, 0.5) is 0 Å². The van der Waals surface area contributed by atoms with Crippen LogP contribution in [0, 0.1) is 0 Å². The third-order valence-electron chi connectivity index (χ3n) is 2.78. The van der Waals surface area contributed by atoms with E-state index in [-0.39, 0.29) is 28.8 Å². The van der Waals surface area contributed by atoms with Crippen molar-refractivity contribution in [2.24, 2.45) is 0 Å². The number of hydrogen-bond donors (Lipinski definition) is 2. The molecule has 2 rings (SSSR count). The van der Waals surface area contributed by atoms with Gasteiger partial charge in [0.1, 0.15) is 16.4 Å². The lowest BCUT2D eigenvalue weighted by Gasteiger charge is -2.14. The Kier molecular flexibility index (Phi) is 4.89. The molecule has 0 spiro atoms. The highest BCUT2D eigenvalue weighted by Crippen LogP contribution is 2.31. The van der Waals surface area contributed by atoms with E-state index in [0.717, 1.165) is 0 Å². The summed E-state index contributed by atoms with van der Waals surface area (Å²) >= 11 is 5.89. The average Bonchev–Trinajstić information content (AvgIpc) is 2.97. The molecule has 0 fully saturated rings. The summed E-state index contributed by atoms with van der Waals surface area (Å²) in [6, 6.07) is 6.03. The molecule has 0 amide bonds. The molecule has 1 heterocycles. The molecule has 0 aliphatic rings. The number of aliphatic hydroxyl groups excluding tert-OH is 1. The number of sulfonamides is 1. The van der Waals surface area contributed by atoms with E-state index in [1.807, 2.05) is 0 Å². The summed E-state index contributed by atoms with van der Waals surface area (Å²) in [7, 11) is -2.54. The first-order valence-electron chi connectivity index (χ1n) is 5.97. The Balaban J connectivity index is 2.36. The maximum Gasteiger partial charge on any atom is 0.244 e. The smallest absolute Gasteiger partial charge is 0.244 e. The SMILES string of the molecule is COc1c(CO)cc(Cl)cc1S(=O)(=O)NCc1ccco1. The summed E-state index contributed by atoms with van der Waals surface area (Å²) in [5.41, 5.74) is 0.295. The molecule has 8 heteroatoms. The second kappa shape index (κ2) is 6.48. The van der Waals surface area contributed by atoms with Crippen molar-refractivity contribution in [3.63, 3.8) is 0 Å². The van der Waals surface area contributed by atoms with Gasteiger partial charge >= 0.3 is 0 Å². The van der Waals surface area contributed by atoms with Gasteiger partial charge in [-0.2, -0.15) is 0 Å². The highest BCUT2D eigenvalue weighted by molar-refractivity contribution is 7.89. The largest absolute Gasteiger partial charge is 0.495 e. The van der Waals surface area contributed by atoms with Crippen molar-refractivity contribution in [3.8, 4) is 5.75 Å². The molecular formula is C13H14ClNO5S. The van der Waals surface area contributed by atoms with Crippen molar-refractivity contribution in [2.45, 2.75) is 18.0 Å². The van der Waals surface area contributed by atoms with E-state index in [1.54, 1.807) is 12.1 Å². The molecule has 21 heavy (non-hydrogen) atoms. The van der Waals surface area contributed by atoms with Gasteiger partial charge in [-0.1, -0.05) is 11.6 Å². The fourth-order valence-corrected chi connectivity index (χ4v) is 3.36. The Morgan fingerprint density at radius 1 is 1.43 bits per heavy atom. The van der Waals surface area contributed by atoms with E-state index in [1.165, 1.54) is 25.5 Å². The van der Waals surface area contributed by atoms with Crippen LogP contribution < -0.4 is 9.46 Å². The van der Waals surface area contributed by atoms with Gasteiger partial charge in [0, 0.05) is 10.6 Å². The molecule has 2 N–H and O–H groups in total. The van der Waals surface area contributed by atoms with Gasteiger partial charge in [0.25, 0.3) is 0 Å². The summed E-state index contributed by atoms with van der Waals surface area (Å²) < 4.78 is 37.2. The normalized spacial score (nSPS) is 11.6. The second-order valence-electron chi connectivity index (χ2n) is 4.16. The summed E-state index contributed by atoms with van der Waals surface area (Å²) in [5, 5.41) is 9.47. The summed E-state index contributed by atoms with van der Waals surface area (Å²) in [6.07, 6.45) is 1.45. The van der Waals surface area contributed by atoms with E-state index in [9.17, 15) is 13.5 Å². The van der Waals surface area contributed by atoms with E-state index in [2.05, 4.69) is 4.72 Å². The Morgan fingerprint density at radius 3 is 2.76 bits per heavy atom. The molecule has 0 aliphatic heterocycles. The van der Waals surface area contributed by atoms with Gasteiger partial charge in [-0.15, -0.1) is 0 Å². The number of halogens is 1. The maximum atomic E-state index is 12.4. The fraction of sp³-hybridized carbons (Fsp3) is 0.231. The minimum Gasteiger partial charge on any atom is -0.495 e. The lowest BCUT2D eigenvalue weighted by atomic mass is 10.2. The number of aliphatic hydroxyl groups is 1. The molecule has 0 radical (unpaired) electrons. The lowest BCUT2D eigenvalue weighted by molar-refractivity contribution is 0.272. The highest BCUT2D eigenvalue weighted by Gasteiger charge is 2.23. The standard InChI is InChI=1S/C13H14ClNO5S/c1-19-13-9(8-16)5-10(14)6-12(13)21(17,18)15-7-11-3-2-4-20-11/h2-6,15-16H,7-8H2,1H3. The van der Waals surface area contributed by atoms with E-state index < -0.39 is 10.0 Å². The van der Waals surface area contributed by atoms with Crippen molar-refractivity contribution < 1.29 is 22.7 Å². The number of benzene rings is 1. The lowest BCUT2D eigenvalue weighted by Crippen LogP contribution is -2.24. The monoisotopic (exact) mass is 331 g/mol. The van der Waals surface area contributed by atoms with Gasteiger partial charge in [-0.25, -0.2) is 13.1 Å². The van der Waals surface area contributed by atoms with E-state index >= 15 is 0 Å². The minimum atomic E-state index is -3.86. The van der Waals surface area contributed by atoms with Crippen LogP contribution in [0.3, 0.4) is 0 Å². The Bertz CT molecular complexity index is 712. The minimum absolute atomic E-state index is 0.000536. The molecule has 2 aromatic rings. The van der Waals surface area contributed by atoms with Crippen LogP contribution in [0.5, 0.6) is 5.75 Å². The molecule has 6 nitrogen and oxygen atoms in total. The predicted octanol–water partition coefficient (Wildman–Crippen LogP) is 1.91. The molecule has 0 atom stereocenters. The van der Waals surface area contributed by atoms with Gasteiger partial charge < -0.3 is 14.3 Å². The molecule has 1 aromatic carbocycles. The number of hydrogen-bond acceptors (Lipinski definition) is 5. The second-order valence-corrected chi connectivity index (χ2v) is 6.33. The first-order chi connectivity index (χ1) is 9.97. The topological polar surface area (TPSA) is 88.8 Å². The average molecular weight is 332 g/mol. The number of rotatable bonds is 6. The first-order valence-corrected chi connectivity index (χ1v) is 7.83. The van der Waals surface area contributed by atoms with E-state index in [0.29, 0.717) is 11.3 Å². The summed E-state index contributed by atoms with van der Waals surface area (Å²) in [5.74, 6) is 0.538. The van der Waals surface area contributed by atoms with Gasteiger partial charge in [0.2, 0.25) is 10.0 Å². The zero-order valence-electron chi connectivity index (χ0n) is 11.2. The third-order valence-corrected chi connectivity index (χ3v) is 4.40. The maximum absolute atomic E-state index is 12.4. The third kappa shape index (κ3) is 3.56. The molecule has 0 unspecified atom stereocenters. The van der Waals surface area contributed by atoms with Crippen molar-refractivity contribution in [3.05, 3.63) is 46.9 Å². The predicted molar refractivity (Wildman–Crippen MR) is 76.7 cm³/mol. The summed E-state index contributed by atoms with van der Waals surface area (Å²) in [6.45, 7) is -0.385. The van der Waals surface area contributed by atoms with Crippen molar-refractivity contribution in [1.29, 1.82) is 0 Å². The Labute approximate surface area is 127 Å². The Hall–Kier alpha value is -1.54. The summed E-state index contributed by atoms with van der Waals surface area (Å²) in [4.78, 5) is -0.131. The first kappa shape index (κ1) is 15.8. The Morgan fingerprint density at radius 2 is 2.19 bits per heavy atom. The van der Waals surface area contributed by atoms with Crippen LogP contribution in [-0.4, -0.2) is 20.6 Å². The zero-order chi connectivity index (χ0) is 15.5. The molecule has 0 saturated heterocycles. The highest BCUT2D eigenvalue weighted by atomic mass is 35.5. The molecule has 0 saturated carbocycles. The van der Waals surface area contributed by atoms with Gasteiger partial charge in [0.15, 0.2) is 0 Å². The van der Waals surface area contributed by atoms with E-state index in [4.69, 9.17) is 20.8 Å². The quantitative estimate of drug-likeness (QED) is 0.844. The van der Waals surface area contributed by atoms with Crippen molar-refractivity contribution >= 4 is 21.6 Å². The van der Waals surface area contributed by atoms with Gasteiger partial charge in [-0.05, 0) is 24.3 Å². The van der Waals surface area contributed by atoms with Crippen LogP contribution in [0.25, 0.3) is 0 Å². The molecule has 0 bridgehead atoms. The number of ether oxygens (including phenoxy) is 1. The van der Waals surface area contributed by atoms with Gasteiger partial charge in [-0.3, -0.25) is 0 Å². The molecule has 0 aliphatic carbocycles. The van der Waals surface area contributed by atoms with Crippen LogP contribution in [0.1, 0.15) is 11.3 Å². The van der Waals surface area contributed by atoms with Crippen molar-refractivity contribution in [1.82, 2.24) is 4.72 Å². The van der Waals surface area contributed by atoms with Crippen LogP contribution in [0.15, 0.2) is 39.8 Å². The number of furan rings is 1. The zero-order valence-corrected chi connectivity index (χ0v) is 12.7. The molecular weight excluding hydrogens is 318 g/mol. The fourth-order valence-electron chi connectivity index (χ4n) is 1.83. The van der Waals surface area contributed by atoms with Gasteiger partial charge in [0.05, 0.1) is 26.5 Å².